The summed E-state index contributed by atoms with van der Waals surface area (Å²) in [6.07, 6.45) is -1.17. The van der Waals surface area contributed by atoms with E-state index in [4.69, 9.17) is 10.4 Å². The molecule has 0 fully saturated rings. The maximum absolute atomic E-state index is 10.6. The van der Waals surface area contributed by atoms with Gasteiger partial charge in [0.05, 0.1) is 5.56 Å². The van der Waals surface area contributed by atoms with Crippen molar-refractivity contribution < 1.29 is 9.90 Å². The molecule has 1 heterocycles. The Kier molecular flexibility index (Phi) is 2.81. The molecule has 0 atom stereocenters. The van der Waals surface area contributed by atoms with Gasteiger partial charge in [-0.25, -0.2) is 4.79 Å². The molecular weight excluding hydrogens is 292 g/mol. The van der Waals surface area contributed by atoms with Gasteiger partial charge in [-0.1, -0.05) is 22.0 Å². The second kappa shape index (κ2) is 4.12. The number of halogens is 1. The summed E-state index contributed by atoms with van der Waals surface area (Å²) in [5.41, 5.74) is 0.356. The molecule has 16 heavy (non-hydrogen) atoms. The number of nitrogens with zero attached hydrogens (tertiary/aromatic N) is 1. The number of hydrogen-bond donors (Lipinski definition) is 2. The van der Waals surface area contributed by atoms with Crippen molar-refractivity contribution in [3.63, 3.8) is 0 Å². The molecule has 4 nitrogen and oxygen atoms in total. The van der Waals surface area contributed by atoms with Gasteiger partial charge in [0.15, 0.2) is 0 Å². The monoisotopic (exact) mass is 296 g/mol. The molecular formula is C10H5BrN2O2S. The Balaban J connectivity index is 2.73. The van der Waals surface area contributed by atoms with Gasteiger partial charge in [0.1, 0.15) is 11.1 Å². The summed E-state index contributed by atoms with van der Waals surface area (Å²) in [5.74, 6) is 0. The molecule has 1 amide bonds. The number of anilines is 1. The van der Waals surface area contributed by atoms with E-state index in [1.165, 1.54) is 11.3 Å². The van der Waals surface area contributed by atoms with Crippen molar-refractivity contribution in [1.82, 2.24) is 0 Å². The number of amides is 1. The highest BCUT2D eigenvalue weighted by Gasteiger charge is 2.15. The zero-order valence-corrected chi connectivity index (χ0v) is 10.2. The van der Waals surface area contributed by atoms with Gasteiger partial charge in [0, 0.05) is 14.6 Å². The van der Waals surface area contributed by atoms with Crippen LogP contribution in [-0.2, 0) is 0 Å². The standard InChI is InChI=1S/C10H5BrN2O2S/c11-6-2-1-3-7-8(6)5(4-12)9(16-7)13-10(14)15/h1-3,13H,(H,14,15). The molecule has 80 valence electrons. The SMILES string of the molecule is N#Cc1c(NC(=O)O)sc2cccc(Br)c12. The molecule has 2 N–H and O–H groups in total. The molecule has 0 spiro atoms. The van der Waals surface area contributed by atoms with E-state index in [1.54, 1.807) is 0 Å². The predicted molar refractivity (Wildman–Crippen MR) is 65.9 cm³/mol. The lowest BCUT2D eigenvalue weighted by atomic mass is 10.2. The minimum Gasteiger partial charge on any atom is -0.465 e. The summed E-state index contributed by atoms with van der Waals surface area (Å²) in [5, 5.41) is 21.0. The van der Waals surface area contributed by atoms with Gasteiger partial charge < -0.3 is 5.11 Å². The summed E-state index contributed by atoms with van der Waals surface area (Å²) < 4.78 is 1.66. The highest BCUT2D eigenvalue weighted by atomic mass is 79.9. The molecule has 2 rings (SSSR count). The Hall–Kier alpha value is -1.58. The van der Waals surface area contributed by atoms with Gasteiger partial charge in [-0.05, 0) is 12.1 Å². The zero-order valence-electron chi connectivity index (χ0n) is 7.82. The Bertz CT molecular complexity index is 615. The molecule has 6 heteroatoms. The van der Waals surface area contributed by atoms with E-state index in [0.29, 0.717) is 10.6 Å². The number of nitrogens with one attached hydrogen (secondary N) is 1. The van der Waals surface area contributed by atoms with E-state index in [1.807, 2.05) is 24.3 Å². The molecule has 0 radical (unpaired) electrons. The summed E-state index contributed by atoms with van der Waals surface area (Å²) in [6, 6.07) is 7.53. The second-order valence-electron chi connectivity index (χ2n) is 2.96. The molecule has 0 aliphatic heterocycles. The van der Waals surface area contributed by atoms with Crippen LogP contribution in [0.4, 0.5) is 9.80 Å². The molecule has 0 saturated heterocycles. The lowest BCUT2D eigenvalue weighted by Gasteiger charge is -1.96. The third-order valence-electron chi connectivity index (χ3n) is 2.00. The average Bonchev–Trinajstić information content (AvgIpc) is 2.55. The maximum atomic E-state index is 10.6. The van der Waals surface area contributed by atoms with Crippen LogP contribution in [0.2, 0.25) is 0 Å². The van der Waals surface area contributed by atoms with Gasteiger partial charge >= 0.3 is 6.09 Å². The van der Waals surface area contributed by atoms with Gasteiger partial charge in [0.2, 0.25) is 0 Å². The molecule has 0 saturated carbocycles. The number of nitriles is 1. The van der Waals surface area contributed by atoms with Crippen LogP contribution in [0.5, 0.6) is 0 Å². The van der Waals surface area contributed by atoms with Crippen molar-refractivity contribution in [2.24, 2.45) is 0 Å². The average molecular weight is 297 g/mol. The molecule has 1 aromatic carbocycles. The summed E-state index contributed by atoms with van der Waals surface area (Å²) in [7, 11) is 0. The Morgan fingerprint density at radius 3 is 2.94 bits per heavy atom. The van der Waals surface area contributed by atoms with E-state index in [-0.39, 0.29) is 0 Å². The number of carbonyl (C=O) groups is 1. The normalized spacial score (nSPS) is 10.0. The first kappa shape index (κ1) is 10.9. The van der Waals surface area contributed by atoms with E-state index < -0.39 is 6.09 Å². The van der Waals surface area contributed by atoms with Crippen LogP contribution in [0.1, 0.15) is 5.56 Å². The van der Waals surface area contributed by atoms with Crippen molar-refractivity contribution in [2.45, 2.75) is 0 Å². The molecule has 1 aromatic heterocycles. The predicted octanol–water partition coefficient (Wildman–Crippen LogP) is 3.63. The zero-order chi connectivity index (χ0) is 11.7. The molecule has 0 aliphatic rings. The van der Waals surface area contributed by atoms with Gasteiger partial charge in [-0.3, -0.25) is 5.32 Å². The third-order valence-corrected chi connectivity index (χ3v) is 3.73. The summed E-state index contributed by atoms with van der Waals surface area (Å²) in [6.45, 7) is 0. The second-order valence-corrected chi connectivity index (χ2v) is 4.87. The molecule has 0 unspecified atom stereocenters. The third kappa shape index (κ3) is 1.75. The van der Waals surface area contributed by atoms with E-state index in [9.17, 15) is 4.79 Å². The van der Waals surface area contributed by atoms with E-state index >= 15 is 0 Å². The fourth-order valence-electron chi connectivity index (χ4n) is 1.40. The number of thiophene rings is 1. The van der Waals surface area contributed by atoms with Crippen molar-refractivity contribution >= 4 is 48.4 Å². The quantitative estimate of drug-likeness (QED) is 0.844. The fraction of sp³-hybridized carbons (Fsp3) is 0. The first-order valence-electron chi connectivity index (χ1n) is 4.24. The van der Waals surface area contributed by atoms with Crippen molar-refractivity contribution in [3.8, 4) is 6.07 Å². The van der Waals surface area contributed by atoms with Gasteiger partial charge in [-0.15, -0.1) is 11.3 Å². The molecule has 2 aromatic rings. The van der Waals surface area contributed by atoms with Crippen LogP contribution < -0.4 is 5.32 Å². The first-order valence-corrected chi connectivity index (χ1v) is 5.85. The summed E-state index contributed by atoms with van der Waals surface area (Å²) >= 11 is 4.59. The Morgan fingerprint density at radius 2 is 2.31 bits per heavy atom. The number of rotatable bonds is 1. The Labute approximate surface area is 103 Å². The first-order chi connectivity index (χ1) is 7.63. The molecule has 0 bridgehead atoms. The van der Waals surface area contributed by atoms with Crippen LogP contribution in [0.25, 0.3) is 10.1 Å². The largest absolute Gasteiger partial charge is 0.465 e. The van der Waals surface area contributed by atoms with E-state index in [2.05, 4.69) is 21.2 Å². The fourth-order valence-corrected chi connectivity index (χ4v) is 3.16. The highest BCUT2D eigenvalue weighted by Crippen LogP contribution is 2.38. The number of benzene rings is 1. The Morgan fingerprint density at radius 1 is 1.56 bits per heavy atom. The van der Waals surface area contributed by atoms with Crippen molar-refractivity contribution in [1.29, 1.82) is 5.26 Å². The highest BCUT2D eigenvalue weighted by molar-refractivity contribution is 9.10. The summed E-state index contributed by atoms with van der Waals surface area (Å²) in [4.78, 5) is 10.6. The van der Waals surface area contributed by atoms with Crippen LogP contribution >= 0.6 is 27.3 Å². The smallest absolute Gasteiger partial charge is 0.409 e. The van der Waals surface area contributed by atoms with Crippen molar-refractivity contribution in [3.05, 3.63) is 28.2 Å². The molecule has 0 aliphatic carbocycles. The van der Waals surface area contributed by atoms with Crippen LogP contribution in [-0.4, -0.2) is 11.2 Å². The lowest BCUT2D eigenvalue weighted by Crippen LogP contribution is -2.06. The van der Waals surface area contributed by atoms with Crippen LogP contribution in [0.15, 0.2) is 22.7 Å². The number of fused-ring (bicyclic) bond motifs is 1. The van der Waals surface area contributed by atoms with Crippen molar-refractivity contribution in [2.75, 3.05) is 5.32 Å². The van der Waals surface area contributed by atoms with Gasteiger partial charge in [0.25, 0.3) is 0 Å². The topological polar surface area (TPSA) is 73.1 Å². The van der Waals surface area contributed by atoms with Crippen LogP contribution in [0.3, 0.4) is 0 Å². The van der Waals surface area contributed by atoms with Gasteiger partial charge in [-0.2, -0.15) is 5.26 Å². The number of hydrogen-bond acceptors (Lipinski definition) is 3. The minimum atomic E-state index is -1.17. The maximum Gasteiger partial charge on any atom is 0.409 e. The minimum absolute atomic E-state index is 0.356. The lowest BCUT2D eigenvalue weighted by molar-refractivity contribution is 0.210. The number of carboxylic acid groups (broad SMARTS) is 1. The van der Waals surface area contributed by atoms with E-state index in [0.717, 1.165) is 14.6 Å². The van der Waals surface area contributed by atoms with Crippen LogP contribution in [0, 0.1) is 11.3 Å².